The lowest BCUT2D eigenvalue weighted by Gasteiger charge is -2.15. The van der Waals surface area contributed by atoms with Crippen molar-refractivity contribution in [2.75, 3.05) is 33.4 Å². The normalized spacial score (nSPS) is 13.5. The molecular weight excluding hydrogens is 282 g/mol. The van der Waals surface area contributed by atoms with Gasteiger partial charge in [0.25, 0.3) is 0 Å². The molecule has 0 fully saturated rings. The van der Waals surface area contributed by atoms with Crippen molar-refractivity contribution in [3.05, 3.63) is 22.4 Å². The van der Waals surface area contributed by atoms with Crippen LogP contribution in [0, 0.1) is 5.92 Å². The van der Waals surface area contributed by atoms with E-state index in [4.69, 9.17) is 4.74 Å². The van der Waals surface area contributed by atoms with Gasteiger partial charge in [0.2, 0.25) is 0 Å². The van der Waals surface area contributed by atoms with Crippen LogP contribution in [-0.4, -0.2) is 39.3 Å². The highest BCUT2D eigenvalue weighted by Gasteiger charge is 2.07. The molecule has 0 radical (unpaired) electrons. The van der Waals surface area contributed by atoms with Crippen LogP contribution in [-0.2, 0) is 4.74 Å². The van der Waals surface area contributed by atoms with Crippen molar-refractivity contribution in [3.63, 3.8) is 0 Å². The van der Waals surface area contributed by atoms with Crippen LogP contribution < -0.4 is 10.6 Å². The van der Waals surface area contributed by atoms with E-state index in [-0.39, 0.29) is 0 Å². The zero-order valence-corrected chi connectivity index (χ0v) is 14.5. The summed E-state index contributed by atoms with van der Waals surface area (Å²) in [7, 11) is 1.81. The molecule has 0 saturated heterocycles. The van der Waals surface area contributed by atoms with Crippen molar-refractivity contribution in [1.29, 1.82) is 0 Å². The van der Waals surface area contributed by atoms with Gasteiger partial charge < -0.3 is 15.4 Å². The highest BCUT2D eigenvalue weighted by atomic mass is 32.1. The van der Waals surface area contributed by atoms with Gasteiger partial charge in [0.15, 0.2) is 5.96 Å². The quantitative estimate of drug-likeness (QED) is 0.418. The Balaban J connectivity index is 2.12. The van der Waals surface area contributed by atoms with Gasteiger partial charge in [0, 0.05) is 44.1 Å². The molecular formula is C16H29N3OS. The minimum atomic E-state index is 0.498. The van der Waals surface area contributed by atoms with Crippen LogP contribution in [0.1, 0.15) is 38.0 Å². The molecule has 0 saturated carbocycles. The number of nitrogens with zero attached hydrogens (tertiary/aromatic N) is 1. The fourth-order valence-electron chi connectivity index (χ4n) is 1.84. The van der Waals surface area contributed by atoms with E-state index < -0.39 is 0 Å². The van der Waals surface area contributed by atoms with E-state index in [1.165, 1.54) is 4.88 Å². The second-order valence-corrected chi connectivity index (χ2v) is 6.60. The molecule has 5 heteroatoms. The van der Waals surface area contributed by atoms with Gasteiger partial charge in [-0.3, -0.25) is 4.99 Å². The standard InChI is InChI=1S/C16H29N3OS/c1-13(2)12-20-9-6-8-18-16(17-4)19-11-14(3)15-7-5-10-21-15/h5,7,10,13-14H,6,8-9,11-12H2,1-4H3,(H2,17,18,19). The van der Waals surface area contributed by atoms with Gasteiger partial charge in [-0.2, -0.15) is 0 Å². The average molecular weight is 311 g/mol. The molecule has 0 amide bonds. The number of nitrogens with one attached hydrogen (secondary N) is 2. The minimum absolute atomic E-state index is 0.498. The molecule has 0 spiro atoms. The third-order valence-electron chi connectivity index (χ3n) is 3.04. The first-order valence-electron chi connectivity index (χ1n) is 7.69. The maximum absolute atomic E-state index is 5.56. The van der Waals surface area contributed by atoms with Crippen molar-refractivity contribution < 1.29 is 4.74 Å². The van der Waals surface area contributed by atoms with E-state index in [2.05, 4.69) is 53.9 Å². The molecule has 0 bridgehead atoms. The van der Waals surface area contributed by atoms with Crippen LogP contribution in [0.3, 0.4) is 0 Å². The molecule has 21 heavy (non-hydrogen) atoms. The van der Waals surface area contributed by atoms with Crippen molar-refractivity contribution in [2.45, 2.75) is 33.1 Å². The molecule has 1 unspecified atom stereocenters. The van der Waals surface area contributed by atoms with Crippen LogP contribution in [0.2, 0.25) is 0 Å². The second-order valence-electron chi connectivity index (χ2n) is 5.62. The first kappa shape index (κ1) is 18.0. The third kappa shape index (κ3) is 8.07. The molecule has 4 nitrogen and oxygen atoms in total. The molecule has 120 valence electrons. The van der Waals surface area contributed by atoms with Crippen LogP contribution in [0.4, 0.5) is 0 Å². The molecule has 1 rings (SSSR count). The lowest BCUT2D eigenvalue weighted by atomic mass is 10.1. The smallest absolute Gasteiger partial charge is 0.190 e. The number of hydrogen-bond donors (Lipinski definition) is 2. The Labute approximate surface area is 133 Å². The van der Waals surface area contributed by atoms with Crippen molar-refractivity contribution in [3.8, 4) is 0 Å². The van der Waals surface area contributed by atoms with E-state index in [1.807, 2.05) is 0 Å². The maximum atomic E-state index is 5.56. The van der Waals surface area contributed by atoms with Crippen LogP contribution >= 0.6 is 11.3 Å². The number of aliphatic imine (C=N–C) groups is 1. The van der Waals surface area contributed by atoms with Gasteiger partial charge in [-0.15, -0.1) is 11.3 Å². The summed E-state index contributed by atoms with van der Waals surface area (Å²) >= 11 is 1.80. The van der Waals surface area contributed by atoms with E-state index in [9.17, 15) is 0 Å². The van der Waals surface area contributed by atoms with Gasteiger partial charge in [-0.25, -0.2) is 0 Å². The monoisotopic (exact) mass is 311 g/mol. The van der Waals surface area contributed by atoms with E-state index in [1.54, 1.807) is 18.4 Å². The summed E-state index contributed by atoms with van der Waals surface area (Å²) in [4.78, 5) is 5.65. The topological polar surface area (TPSA) is 45.7 Å². The molecule has 2 N–H and O–H groups in total. The van der Waals surface area contributed by atoms with Gasteiger partial charge in [-0.1, -0.05) is 26.8 Å². The summed E-state index contributed by atoms with van der Waals surface area (Å²) in [6.45, 7) is 9.97. The summed E-state index contributed by atoms with van der Waals surface area (Å²) in [5, 5.41) is 8.81. The fraction of sp³-hybridized carbons (Fsp3) is 0.688. The summed E-state index contributed by atoms with van der Waals surface area (Å²) in [5.74, 6) is 1.96. The van der Waals surface area contributed by atoms with Gasteiger partial charge >= 0.3 is 0 Å². The summed E-state index contributed by atoms with van der Waals surface area (Å²) in [6.07, 6.45) is 0.994. The van der Waals surface area contributed by atoms with E-state index in [0.29, 0.717) is 11.8 Å². The molecule has 1 heterocycles. The minimum Gasteiger partial charge on any atom is -0.381 e. The maximum Gasteiger partial charge on any atom is 0.190 e. The SMILES string of the molecule is CN=C(NCCCOCC(C)C)NCC(C)c1cccs1. The van der Waals surface area contributed by atoms with Gasteiger partial charge in [-0.05, 0) is 23.8 Å². The van der Waals surface area contributed by atoms with E-state index >= 15 is 0 Å². The number of thiophene rings is 1. The number of rotatable bonds is 9. The van der Waals surface area contributed by atoms with Crippen LogP contribution in [0.25, 0.3) is 0 Å². The molecule has 0 aliphatic carbocycles. The molecule has 1 atom stereocenters. The Hall–Kier alpha value is -1.07. The number of guanidine groups is 1. The average Bonchev–Trinajstić information content (AvgIpc) is 2.99. The lowest BCUT2D eigenvalue weighted by Crippen LogP contribution is -2.39. The first-order chi connectivity index (χ1) is 10.1. The van der Waals surface area contributed by atoms with Crippen LogP contribution in [0.15, 0.2) is 22.5 Å². The highest BCUT2D eigenvalue weighted by molar-refractivity contribution is 7.10. The molecule has 0 aromatic carbocycles. The van der Waals surface area contributed by atoms with Crippen molar-refractivity contribution >= 4 is 17.3 Å². The summed E-state index contributed by atoms with van der Waals surface area (Å²) < 4.78 is 5.56. The molecule has 0 aliphatic rings. The Bertz CT molecular complexity index is 390. The Morgan fingerprint density at radius 2 is 2.14 bits per heavy atom. The molecule has 1 aromatic heterocycles. The zero-order chi connectivity index (χ0) is 15.5. The molecule has 0 aliphatic heterocycles. The molecule has 1 aromatic rings. The fourth-order valence-corrected chi connectivity index (χ4v) is 2.63. The van der Waals surface area contributed by atoms with Gasteiger partial charge in [0.1, 0.15) is 0 Å². The van der Waals surface area contributed by atoms with Crippen molar-refractivity contribution in [2.24, 2.45) is 10.9 Å². The third-order valence-corrected chi connectivity index (χ3v) is 4.14. The Morgan fingerprint density at radius 1 is 1.33 bits per heavy atom. The zero-order valence-electron chi connectivity index (χ0n) is 13.7. The lowest BCUT2D eigenvalue weighted by molar-refractivity contribution is 0.108. The Kier molecular flexibility index (Phi) is 9.10. The number of ether oxygens (including phenoxy) is 1. The Morgan fingerprint density at radius 3 is 2.76 bits per heavy atom. The number of hydrogen-bond acceptors (Lipinski definition) is 3. The van der Waals surface area contributed by atoms with Crippen LogP contribution in [0.5, 0.6) is 0 Å². The van der Waals surface area contributed by atoms with E-state index in [0.717, 1.165) is 38.7 Å². The summed E-state index contributed by atoms with van der Waals surface area (Å²) in [6, 6.07) is 4.28. The summed E-state index contributed by atoms with van der Waals surface area (Å²) in [5.41, 5.74) is 0. The largest absolute Gasteiger partial charge is 0.381 e. The first-order valence-corrected chi connectivity index (χ1v) is 8.57. The second kappa shape index (κ2) is 10.6. The van der Waals surface area contributed by atoms with Gasteiger partial charge in [0.05, 0.1) is 0 Å². The predicted molar refractivity (Wildman–Crippen MR) is 92.4 cm³/mol. The van der Waals surface area contributed by atoms with Crippen molar-refractivity contribution in [1.82, 2.24) is 10.6 Å². The highest BCUT2D eigenvalue weighted by Crippen LogP contribution is 2.19. The predicted octanol–water partition coefficient (Wildman–Crippen LogP) is 3.08.